The molecule has 0 saturated carbocycles. The first-order valence-corrected chi connectivity index (χ1v) is 10.1. The van der Waals surface area contributed by atoms with E-state index in [0.29, 0.717) is 22.5 Å². The molecule has 0 bridgehead atoms. The fourth-order valence-corrected chi connectivity index (χ4v) is 3.14. The van der Waals surface area contributed by atoms with E-state index < -0.39 is 5.97 Å². The van der Waals surface area contributed by atoms with Crippen molar-refractivity contribution in [3.05, 3.63) is 81.9 Å². The van der Waals surface area contributed by atoms with Gasteiger partial charge in [0, 0.05) is 47.3 Å². The van der Waals surface area contributed by atoms with Crippen LogP contribution in [-0.2, 0) is 21.6 Å². The quantitative estimate of drug-likeness (QED) is 0.394. The zero-order chi connectivity index (χ0) is 23.8. The molecular formula is C26H28CoN2O4. The van der Waals surface area contributed by atoms with Gasteiger partial charge in [0.25, 0.3) is 5.97 Å². The first kappa shape index (κ1) is 27.6. The Balaban J connectivity index is 0.00000101. The molecular weight excluding hydrogens is 463 g/mol. The summed E-state index contributed by atoms with van der Waals surface area (Å²) >= 11 is 0. The zero-order valence-electron chi connectivity index (χ0n) is 19.3. The average Bonchev–Trinajstić information content (AvgIpc) is 2.71. The summed E-state index contributed by atoms with van der Waals surface area (Å²) in [4.78, 5) is 18.1. The number of aliphatic carboxylic acids is 1. The van der Waals surface area contributed by atoms with Gasteiger partial charge in [0.05, 0.1) is 11.4 Å². The Morgan fingerprint density at radius 2 is 1.09 bits per heavy atom. The van der Waals surface area contributed by atoms with Gasteiger partial charge in [-0.25, -0.2) is 0 Å². The minimum Gasteiger partial charge on any atom is -0.507 e. The molecule has 175 valence electrons. The topological polar surface area (TPSA) is 102 Å². The van der Waals surface area contributed by atoms with Crippen LogP contribution in [0.1, 0.15) is 40.3 Å². The maximum Gasteiger partial charge on any atom is 0.300 e. The number of carboxylic acid groups (broad SMARTS) is 1. The van der Waals surface area contributed by atoms with Crippen LogP contribution in [0, 0.1) is 27.7 Å². The maximum absolute atomic E-state index is 10.3. The second kappa shape index (κ2) is 12.6. The molecule has 0 atom stereocenters. The van der Waals surface area contributed by atoms with E-state index in [9.17, 15) is 10.2 Å². The Labute approximate surface area is 204 Å². The summed E-state index contributed by atoms with van der Waals surface area (Å²) in [6.07, 6.45) is 3.30. The van der Waals surface area contributed by atoms with Crippen LogP contribution in [0.4, 0.5) is 11.4 Å². The van der Waals surface area contributed by atoms with Gasteiger partial charge in [0.1, 0.15) is 11.5 Å². The Hall–Kier alpha value is -3.42. The van der Waals surface area contributed by atoms with Crippen LogP contribution in [-0.4, -0.2) is 33.7 Å². The van der Waals surface area contributed by atoms with E-state index in [1.807, 2.05) is 76.2 Å². The summed E-state index contributed by atoms with van der Waals surface area (Å²) in [5, 5.41) is 27.9. The second-order valence-electron chi connectivity index (χ2n) is 7.56. The van der Waals surface area contributed by atoms with E-state index in [1.165, 1.54) is 0 Å². The molecule has 0 aromatic heterocycles. The van der Waals surface area contributed by atoms with Crippen LogP contribution in [0.15, 0.2) is 58.5 Å². The molecule has 3 rings (SSSR count). The predicted molar refractivity (Wildman–Crippen MR) is 129 cm³/mol. The Bertz CT molecular complexity index is 1100. The normalized spacial score (nSPS) is 10.6. The number of hydrogen-bond donors (Lipinski definition) is 3. The van der Waals surface area contributed by atoms with Crippen molar-refractivity contribution in [1.82, 2.24) is 0 Å². The minimum absolute atomic E-state index is 0. The van der Waals surface area contributed by atoms with Crippen LogP contribution >= 0.6 is 0 Å². The molecule has 7 heteroatoms. The second-order valence-corrected chi connectivity index (χ2v) is 7.56. The van der Waals surface area contributed by atoms with Crippen molar-refractivity contribution >= 4 is 29.8 Å². The summed E-state index contributed by atoms with van der Waals surface area (Å²) in [6, 6.07) is 15.2. The molecule has 3 N–H and O–H groups in total. The van der Waals surface area contributed by atoms with Crippen LogP contribution in [0.2, 0.25) is 0 Å². The van der Waals surface area contributed by atoms with E-state index in [4.69, 9.17) is 9.90 Å². The van der Waals surface area contributed by atoms with Crippen molar-refractivity contribution in [2.24, 2.45) is 9.98 Å². The van der Waals surface area contributed by atoms with Crippen LogP contribution in [0.3, 0.4) is 0 Å². The number of hydrogen-bond acceptors (Lipinski definition) is 5. The number of nitrogens with zero attached hydrogens (tertiary/aromatic N) is 2. The number of carboxylic acids is 1. The van der Waals surface area contributed by atoms with Gasteiger partial charge in [-0.05, 0) is 74.2 Å². The Morgan fingerprint density at radius 1 is 0.758 bits per heavy atom. The predicted octanol–water partition coefficient (Wildman–Crippen LogP) is 5.92. The van der Waals surface area contributed by atoms with Gasteiger partial charge in [-0.1, -0.05) is 24.3 Å². The summed E-state index contributed by atoms with van der Waals surface area (Å²) in [6.45, 7) is 8.79. The molecule has 0 spiro atoms. The van der Waals surface area contributed by atoms with Gasteiger partial charge in [-0.15, -0.1) is 0 Å². The maximum atomic E-state index is 10.3. The van der Waals surface area contributed by atoms with Gasteiger partial charge < -0.3 is 15.3 Å². The first-order chi connectivity index (χ1) is 15.1. The monoisotopic (exact) mass is 491 g/mol. The van der Waals surface area contributed by atoms with Crippen molar-refractivity contribution in [3.8, 4) is 11.5 Å². The Morgan fingerprint density at radius 3 is 1.42 bits per heavy atom. The minimum atomic E-state index is -0.833. The van der Waals surface area contributed by atoms with Crippen LogP contribution in [0.25, 0.3) is 0 Å². The molecule has 3 aromatic rings. The number of phenolic OH excluding ortho intramolecular Hbond substituents is 2. The molecule has 3 aromatic carbocycles. The van der Waals surface area contributed by atoms with Crippen molar-refractivity contribution in [3.63, 3.8) is 0 Å². The molecule has 0 aliphatic carbocycles. The van der Waals surface area contributed by atoms with E-state index >= 15 is 0 Å². The van der Waals surface area contributed by atoms with Crippen LogP contribution in [0.5, 0.6) is 11.5 Å². The third-order valence-corrected chi connectivity index (χ3v) is 4.52. The molecule has 1 radical (unpaired) electrons. The number of aryl methyl sites for hydroxylation is 4. The van der Waals surface area contributed by atoms with Crippen molar-refractivity contribution in [2.45, 2.75) is 34.6 Å². The fourth-order valence-electron chi connectivity index (χ4n) is 3.14. The van der Waals surface area contributed by atoms with E-state index in [2.05, 4.69) is 9.98 Å². The number of para-hydroxylation sites is 2. The molecule has 0 saturated heterocycles. The fraction of sp³-hybridized carbons (Fsp3) is 0.192. The molecule has 0 aliphatic heterocycles. The molecule has 6 nitrogen and oxygen atoms in total. The molecule has 33 heavy (non-hydrogen) atoms. The molecule has 0 amide bonds. The van der Waals surface area contributed by atoms with Gasteiger partial charge in [-0.3, -0.25) is 14.8 Å². The molecule has 0 unspecified atom stereocenters. The molecule has 0 heterocycles. The summed E-state index contributed by atoms with van der Waals surface area (Å²) in [5.41, 5.74) is 6.46. The Kier molecular flexibility index (Phi) is 10.5. The number of phenols is 2. The largest absolute Gasteiger partial charge is 0.507 e. The van der Waals surface area contributed by atoms with E-state index in [-0.39, 0.29) is 28.3 Å². The number of aromatic hydroxyl groups is 2. The average molecular weight is 491 g/mol. The van der Waals surface area contributed by atoms with Gasteiger partial charge in [0.2, 0.25) is 0 Å². The van der Waals surface area contributed by atoms with E-state index in [0.717, 1.165) is 29.2 Å². The smallest absolute Gasteiger partial charge is 0.300 e. The van der Waals surface area contributed by atoms with Crippen molar-refractivity contribution in [2.75, 3.05) is 0 Å². The molecule has 0 aliphatic rings. The van der Waals surface area contributed by atoms with Crippen LogP contribution < -0.4 is 0 Å². The number of aliphatic imine (C=N–C) groups is 2. The number of carbonyl (C=O) groups is 1. The van der Waals surface area contributed by atoms with Crippen molar-refractivity contribution < 1.29 is 36.9 Å². The number of rotatable bonds is 4. The third-order valence-electron chi connectivity index (χ3n) is 4.52. The summed E-state index contributed by atoms with van der Waals surface area (Å²) in [5.74, 6) is -0.369. The standard InChI is InChI=1S/C24H24N2O2.C2H4O2.Co/c1-15-9-17(3)23(27)19(11-15)13-25-21-7-5-6-8-22(21)26-14-20-12-16(2)10-18(4)24(20)28;1-2(3)4;/h5-14,27-28H,1-4H3;1H3,(H,3,4);. The zero-order valence-corrected chi connectivity index (χ0v) is 20.3. The first-order valence-electron chi connectivity index (χ1n) is 10.1. The summed E-state index contributed by atoms with van der Waals surface area (Å²) in [7, 11) is 0. The van der Waals surface area contributed by atoms with Gasteiger partial charge >= 0.3 is 0 Å². The van der Waals surface area contributed by atoms with E-state index in [1.54, 1.807) is 12.4 Å². The third kappa shape index (κ3) is 8.21. The number of benzene rings is 3. The SMILES string of the molecule is CC(=O)O.Cc1cc(C)c(O)c(C=Nc2ccccc2N=Cc2cc(C)cc(C)c2O)c1.[Co]. The molecule has 0 fully saturated rings. The van der Waals surface area contributed by atoms with Crippen molar-refractivity contribution in [1.29, 1.82) is 0 Å². The van der Waals surface area contributed by atoms with Gasteiger partial charge in [-0.2, -0.15) is 0 Å². The van der Waals surface area contributed by atoms with Gasteiger partial charge in [0.15, 0.2) is 0 Å². The summed E-state index contributed by atoms with van der Waals surface area (Å²) < 4.78 is 0.